The highest BCUT2D eigenvalue weighted by molar-refractivity contribution is 5.85. The van der Waals surface area contributed by atoms with Crippen LogP contribution >= 0.6 is 24.8 Å². The monoisotopic (exact) mass is 417 g/mol. The minimum absolute atomic E-state index is 0. The van der Waals surface area contributed by atoms with Crippen LogP contribution in [-0.2, 0) is 4.79 Å². The molecular weight excluding hydrogens is 385 g/mol. The van der Waals surface area contributed by atoms with E-state index in [1.807, 2.05) is 12.1 Å². The number of fused-ring (bicyclic) bond motifs is 1. The van der Waals surface area contributed by atoms with Crippen LogP contribution in [0.5, 0.6) is 5.75 Å². The number of likely N-dealkylation sites (N-methyl/N-ethyl adjacent to an activating group) is 1. The summed E-state index contributed by atoms with van der Waals surface area (Å²) >= 11 is 0. The topological polar surface area (TPSA) is 53.6 Å². The Morgan fingerprint density at radius 1 is 1.37 bits per heavy atom. The molecule has 3 atom stereocenters. The van der Waals surface area contributed by atoms with Gasteiger partial charge in [-0.1, -0.05) is 25.0 Å². The molecule has 1 aliphatic heterocycles. The van der Waals surface area contributed by atoms with Gasteiger partial charge in [-0.15, -0.1) is 24.8 Å². The fourth-order valence-electron chi connectivity index (χ4n) is 4.50. The van der Waals surface area contributed by atoms with E-state index in [2.05, 4.69) is 41.8 Å². The second kappa shape index (κ2) is 10.5. The first-order chi connectivity index (χ1) is 12.1. The van der Waals surface area contributed by atoms with Crippen LogP contribution in [0.2, 0.25) is 0 Å². The lowest BCUT2D eigenvalue weighted by molar-refractivity contribution is -0.134. The van der Waals surface area contributed by atoms with E-state index in [0.29, 0.717) is 12.5 Å². The number of halogens is 2. The standard InChI is InChI=1S/C20H31N3O2.2ClH/c1-23(2)18(15-7-6-9-17(11-15)25-3)13-22-19(24)20-10-5-4-8-16(20)12-21-14-20;;/h6-7,9,11,16,18,21H,4-5,8,10,12-14H2,1-3H3,(H,22,24);2*1H/t16-,18?,20+;;/m0../s1. The molecule has 0 bridgehead atoms. The van der Waals surface area contributed by atoms with Gasteiger partial charge in [0.1, 0.15) is 5.75 Å². The molecule has 5 nitrogen and oxygen atoms in total. The van der Waals surface area contributed by atoms with Crippen LogP contribution in [0.1, 0.15) is 37.3 Å². The highest BCUT2D eigenvalue weighted by Gasteiger charge is 2.49. The van der Waals surface area contributed by atoms with Crippen LogP contribution < -0.4 is 15.4 Å². The van der Waals surface area contributed by atoms with Gasteiger partial charge in [-0.25, -0.2) is 0 Å². The van der Waals surface area contributed by atoms with Crippen molar-refractivity contribution in [2.45, 2.75) is 31.7 Å². The maximum Gasteiger partial charge on any atom is 0.227 e. The van der Waals surface area contributed by atoms with Crippen molar-refractivity contribution in [1.82, 2.24) is 15.5 Å². The number of nitrogens with one attached hydrogen (secondary N) is 2. The Bertz CT molecular complexity index is 615. The van der Waals surface area contributed by atoms with Crippen molar-refractivity contribution in [1.29, 1.82) is 0 Å². The Balaban J connectivity index is 0.00000182. The summed E-state index contributed by atoms with van der Waals surface area (Å²) in [6.07, 6.45) is 4.61. The number of nitrogens with zero attached hydrogens (tertiary/aromatic N) is 1. The molecule has 2 aliphatic rings. The maximum absolute atomic E-state index is 13.1. The molecule has 1 aliphatic carbocycles. The highest BCUT2D eigenvalue weighted by atomic mass is 35.5. The van der Waals surface area contributed by atoms with Gasteiger partial charge in [0.2, 0.25) is 5.91 Å². The number of carbonyl (C=O) groups is 1. The summed E-state index contributed by atoms with van der Waals surface area (Å²) in [5.41, 5.74) is 0.968. The van der Waals surface area contributed by atoms with Crippen LogP contribution in [0, 0.1) is 11.3 Å². The van der Waals surface area contributed by atoms with Crippen molar-refractivity contribution in [3.63, 3.8) is 0 Å². The van der Waals surface area contributed by atoms with Crippen molar-refractivity contribution in [2.24, 2.45) is 11.3 Å². The summed E-state index contributed by atoms with van der Waals surface area (Å²) in [5, 5.41) is 6.73. The summed E-state index contributed by atoms with van der Waals surface area (Å²) in [4.78, 5) is 15.2. The zero-order valence-electron chi connectivity index (χ0n) is 16.5. The van der Waals surface area contributed by atoms with E-state index in [4.69, 9.17) is 4.74 Å². The molecule has 1 unspecified atom stereocenters. The lowest BCUT2D eigenvalue weighted by atomic mass is 9.67. The summed E-state index contributed by atoms with van der Waals surface area (Å²) in [5.74, 6) is 1.58. The summed E-state index contributed by atoms with van der Waals surface area (Å²) in [6, 6.07) is 8.23. The van der Waals surface area contributed by atoms with E-state index >= 15 is 0 Å². The Morgan fingerprint density at radius 2 is 2.15 bits per heavy atom. The van der Waals surface area contributed by atoms with Crippen LogP contribution in [0.3, 0.4) is 0 Å². The average Bonchev–Trinajstić information content (AvgIpc) is 3.07. The van der Waals surface area contributed by atoms with Crippen LogP contribution in [0.15, 0.2) is 24.3 Å². The van der Waals surface area contributed by atoms with Crippen LogP contribution in [-0.4, -0.2) is 51.6 Å². The van der Waals surface area contributed by atoms with Gasteiger partial charge in [0.25, 0.3) is 0 Å². The van der Waals surface area contributed by atoms with Gasteiger partial charge in [0.05, 0.1) is 18.6 Å². The number of rotatable bonds is 6. The van der Waals surface area contributed by atoms with E-state index in [1.54, 1.807) is 7.11 Å². The average molecular weight is 418 g/mol. The lowest BCUT2D eigenvalue weighted by Crippen LogP contribution is -2.49. The van der Waals surface area contributed by atoms with E-state index in [-0.39, 0.29) is 42.2 Å². The molecule has 2 N–H and O–H groups in total. The Hall–Kier alpha value is -1.01. The second-order valence-corrected chi connectivity index (χ2v) is 7.70. The summed E-state index contributed by atoms with van der Waals surface area (Å²) < 4.78 is 5.35. The number of hydrogen-bond acceptors (Lipinski definition) is 4. The molecule has 1 aromatic carbocycles. The molecule has 7 heteroatoms. The normalized spacial score (nSPS) is 25.0. The van der Waals surface area contributed by atoms with Crippen molar-refractivity contribution < 1.29 is 9.53 Å². The highest BCUT2D eigenvalue weighted by Crippen LogP contribution is 2.44. The first-order valence-electron chi connectivity index (χ1n) is 9.36. The molecule has 1 saturated carbocycles. The Labute approximate surface area is 175 Å². The summed E-state index contributed by atoms with van der Waals surface area (Å²) in [6.45, 7) is 2.43. The molecule has 3 rings (SSSR count). The van der Waals surface area contributed by atoms with Crippen LogP contribution in [0.4, 0.5) is 0 Å². The fraction of sp³-hybridized carbons (Fsp3) is 0.650. The molecule has 0 spiro atoms. The van der Waals surface area contributed by atoms with E-state index in [1.165, 1.54) is 19.3 Å². The molecule has 1 aromatic rings. The lowest BCUT2D eigenvalue weighted by Gasteiger charge is -2.38. The van der Waals surface area contributed by atoms with Crippen molar-refractivity contribution >= 4 is 30.7 Å². The largest absolute Gasteiger partial charge is 0.497 e. The predicted molar refractivity (Wildman–Crippen MR) is 114 cm³/mol. The number of methoxy groups -OCH3 is 1. The SMILES string of the molecule is COc1cccc(C(CNC(=O)[C@@]23CCCC[C@H]2CNC3)N(C)C)c1.Cl.Cl. The molecule has 2 fully saturated rings. The molecule has 1 saturated heterocycles. The van der Waals surface area contributed by atoms with Gasteiger partial charge < -0.3 is 20.3 Å². The molecule has 154 valence electrons. The Morgan fingerprint density at radius 3 is 2.85 bits per heavy atom. The van der Waals surface area contributed by atoms with Crippen molar-refractivity contribution in [3.05, 3.63) is 29.8 Å². The number of ether oxygens (including phenoxy) is 1. The minimum atomic E-state index is -0.191. The second-order valence-electron chi connectivity index (χ2n) is 7.70. The van der Waals surface area contributed by atoms with Gasteiger partial charge in [-0.05, 0) is 57.1 Å². The first kappa shape index (κ1) is 24.0. The predicted octanol–water partition coefficient (Wildman–Crippen LogP) is 3.04. The van der Waals surface area contributed by atoms with Gasteiger partial charge in [-0.2, -0.15) is 0 Å². The third-order valence-electron chi connectivity index (χ3n) is 6.05. The van der Waals surface area contributed by atoms with Gasteiger partial charge in [0.15, 0.2) is 0 Å². The number of benzene rings is 1. The fourth-order valence-corrected chi connectivity index (χ4v) is 4.50. The number of carbonyl (C=O) groups excluding carboxylic acids is 1. The number of amides is 1. The zero-order valence-corrected chi connectivity index (χ0v) is 18.1. The zero-order chi connectivity index (χ0) is 17.9. The number of hydrogen-bond donors (Lipinski definition) is 2. The molecule has 1 heterocycles. The Kier molecular flexibility index (Phi) is 9.35. The quantitative estimate of drug-likeness (QED) is 0.746. The molecule has 27 heavy (non-hydrogen) atoms. The van der Waals surface area contributed by atoms with E-state index in [0.717, 1.165) is 30.8 Å². The smallest absolute Gasteiger partial charge is 0.227 e. The van der Waals surface area contributed by atoms with Gasteiger partial charge in [0, 0.05) is 13.1 Å². The first-order valence-corrected chi connectivity index (χ1v) is 9.36. The molecule has 0 radical (unpaired) electrons. The maximum atomic E-state index is 13.1. The third-order valence-corrected chi connectivity index (χ3v) is 6.05. The van der Waals surface area contributed by atoms with E-state index in [9.17, 15) is 4.79 Å². The summed E-state index contributed by atoms with van der Waals surface area (Å²) in [7, 11) is 5.78. The molecular formula is C20H33Cl2N3O2. The third kappa shape index (κ3) is 5.08. The molecule has 1 amide bonds. The van der Waals surface area contributed by atoms with Gasteiger partial charge in [-0.3, -0.25) is 4.79 Å². The van der Waals surface area contributed by atoms with Crippen molar-refractivity contribution in [3.8, 4) is 5.75 Å². The molecule has 0 aromatic heterocycles. The van der Waals surface area contributed by atoms with E-state index < -0.39 is 0 Å². The van der Waals surface area contributed by atoms with Crippen molar-refractivity contribution in [2.75, 3.05) is 40.8 Å². The van der Waals surface area contributed by atoms with Gasteiger partial charge >= 0.3 is 0 Å². The minimum Gasteiger partial charge on any atom is -0.497 e. The van der Waals surface area contributed by atoms with Crippen LogP contribution in [0.25, 0.3) is 0 Å².